The highest BCUT2D eigenvalue weighted by atomic mass is 79.9. The van der Waals surface area contributed by atoms with E-state index in [1.807, 2.05) is 37.4 Å². The molecule has 19 heavy (non-hydrogen) atoms. The summed E-state index contributed by atoms with van der Waals surface area (Å²) in [6, 6.07) is 11.6. The minimum absolute atomic E-state index is 0.581. The second-order valence-electron chi connectivity index (χ2n) is 4.36. The average Bonchev–Trinajstić information content (AvgIpc) is 2.84. The zero-order valence-electron chi connectivity index (χ0n) is 10.3. The van der Waals surface area contributed by atoms with Gasteiger partial charge in [-0.3, -0.25) is 4.68 Å². The van der Waals surface area contributed by atoms with Crippen molar-refractivity contribution in [2.24, 2.45) is 7.05 Å². The van der Waals surface area contributed by atoms with Gasteiger partial charge in [0.2, 0.25) is 0 Å². The minimum Gasteiger partial charge on any atom is -0.380 e. The number of halogens is 1. The molecule has 0 bridgehead atoms. The summed E-state index contributed by atoms with van der Waals surface area (Å²) >= 11 is 3.47. The van der Waals surface area contributed by atoms with Crippen molar-refractivity contribution >= 4 is 26.8 Å². The van der Waals surface area contributed by atoms with Crippen molar-refractivity contribution in [3.63, 3.8) is 0 Å². The molecule has 0 aliphatic carbocycles. The quantitative estimate of drug-likeness (QED) is 0.790. The summed E-state index contributed by atoms with van der Waals surface area (Å²) in [5.41, 5.74) is 2.03. The van der Waals surface area contributed by atoms with Gasteiger partial charge in [0.15, 0.2) is 0 Å². The van der Waals surface area contributed by atoms with Crippen LogP contribution in [0.25, 0.3) is 10.9 Å². The Hall–Kier alpha value is -1.72. The molecular formula is C14H12BrN3O. The first-order valence-corrected chi connectivity index (χ1v) is 6.67. The molecule has 0 aliphatic rings. The highest BCUT2D eigenvalue weighted by Crippen LogP contribution is 2.28. The number of nitrogens with zero attached hydrogens (tertiary/aromatic N) is 3. The molecule has 4 nitrogen and oxygen atoms in total. The lowest BCUT2D eigenvalue weighted by atomic mass is 10.1. The molecule has 0 spiro atoms. The first-order chi connectivity index (χ1) is 9.15. The number of aryl methyl sites for hydroxylation is 1. The number of benzene rings is 1. The Morgan fingerprint density at radius 1 is 1.26 bits per heavy atom. The van der Waals surface area contributed by atoms with E-state index in [2.05, 4.69) is 26.0 Å². The SMILES string of the molecule is Cn1ccc(C(O)c2nc3ccccc3cc2Br)n1. The molecule has 3 aromatic rings. The van der Waals surface area contributed by atoms with Crippen LogP contribution in [-0.4, -0.2) is 19.9 Å². The van der Waals surface area contributed by atoms with E-state index < -0.39 is 6.10 Å². The van der Waals surface area contributed by atoms with Crippen molar-refractivity contribution < 1.29 is 5.11 Å². The zero-order valence-corrected chi connectivity index (χ0v) is 11.9. The van der Waals surface area contributed by atoms with Gasteiger partial charge in [-0.25, -0.2) is 4.98 Å². The monoisotopic (exact) mass is 317 g/mol. The normalized spacial score (nSPS) is 12.8. The number of pyridine rings is 1. The third kappa shape index (κ3) is 2.27. The number of aliphatic hydroxyl groups excluding tert-OH is 1. The molecule has 5 heteroatoms. The van der Waals surface area contributed by atoms with Crippen LogP contribution in [0, 0.1) is 0 Å². The molecule has 0 amide bonds. The second kappa shape index (κ2) is 4.75. The molecule has 0 radical (unpaired) electrons. The molecule has 1 atom stereocenters. The second-order valence-corrected chi connectivity index (χ2v) is 5.22. The highest BCUT2D eigenvalue weighted by Gasteiger charge is 2.18. The maximum Gasteiger partial charge on any atom is 0.141 e. The molecule has 0 saturated carbocycles. The Morgan fingerprint density at radius 2 is 2.05 bits per heavy atom. The fourth-order valence-electron chi connectivity index (χ4n) is 2.02. The van der Waals surface area contributed by atoms with E-state index in [-0.39, 0.29) is 0 Å². The first kappa shape index (κ1) is 12.3. The van der Waals surface area contributed by atoms with Gasteiger partial charge in [-0.05, 0) is 34.1 Å². The molecule has 2 aromatic heterocycles. The summed E-state index contributed by atoms with van der Waals surface area (Å²) in [6.07, 6.45) is 0.966. The van der Waals surface area contributed by atoms with E-state index >= 15 is 0 Å². The van der Waals surface area contributed by atoms with E-state index in [1.54, 1.807) is 16.9 Å². The number of para-hydroxylation sites is 1. The Bertz CT molecular complexity index is 738. The van der Waals surface area contributed by atoms with E-state index in [0.717, 1.165) is 15.4 Å². The summed E-state index contributed by atoms with van der Waals surface area (Å²) in [7, 11) is 1.82. The van der Waals surface area contributed by atoms with Crippen LogP contribution in [0.4, 0.5) is 0 Å². The third-order valence-electron chi connectivity index (χ3n) is 2.98. The van der Waals surface area contributed by atoms with Gasteiger partial charge in [-0.15, -0.1) is 0 Å². The largest absolute Gasteiger partial charge is 0.380 e. The summed E-state index contributed by atoms with van der Waals surface area (Å²) in [4.78, 5) is 4.51. The molecule has 1 N–H and O–H groups in total. The Labute approximate surface area is 118 Å². The van der Waals surface area contributed by atoms with Gasteiger partial charge in [0, 0.05) is 23.1 Å². The molecule has 0 fully saturated rings. The summed E-state index contributed by atoms with van der Waals surface area (Å²) in [6.45, 7) is 0. The maximum absolute atomic E-state index is 10.4. The molecule has 1 unspecified atom stereocenters. The number of fused-ring (bicyclic) bond motifs is 1. The van der Waals surface area contributed by atoms with Crippen LogP contribution in [-0.2, 0) is 7.05 Å². The van der Waals surface area contributed by atoms with Crippen molar-refractivity contribution in [2.75, 3.05) is 0 Å². The van der Waals surface area contributed by atoms with Crippen LogP contribution < -0.4 is 0 Å². The molecule has 96 valence electrons. The van der Waals surface area contributed by atoms with Crippen molar-refractivity contribution in [3.05, 3.63) is 58.5 Å². The van der Waals surface area contributed by atoms with Gasteiger partial charge < -0.3 is 5.11 Å². The number of aliphatic hydroxyl groups is 1. The lowest BCUT2D eigenvalue weighted by Crippen LogP contribution is -2.05. The van der Waals surface area contributed by atoms with Crippen LogP contribution in [0.5, 0.6) is 0 Å². The molecular weight excluding hydrogens is 306 g/mol. The molecule has 0 saturated heterocycles. The Kier molecular flexibility index (Phi) is 3.08. The van der Waals surface area contributed by atoms with Gasteiger partial charge in [0.05, 0.1) is 16.9 Å². The lowest BCUT2D eigenvalue weighted by Gasteiger charge is -2.11. The molecule has 1 aromatic carbocycles. The third-order valence-corrected chi connectivity index (χ3v) is 3.61. The maximum atomic E-state index is 10.4. The van der Waals surface area contributed by atoms with Gasteiger partial charge >= 0.3 is 0 Å². The van der Waals surface area contributed by atoms with Gasteiger partial charge in [0.1, 0.15) is 6.10 Å². The molecule has 3 rings (SSSR count). The molecule has 0 aliphatic heterocycles. The van der Waals surface area contributed by atoms with E-state index in [1.165, 1.54) is 0 Å². The van der Waals surface area contributed by atoms with Gasteiger partial charge in [-0.2, -0.15) is 5.10 Å². The van der Waals surface area contributed by atoms with Crippen molar-refractivity contribution in [1.29, 1.82) is 0 Å². The van der Waals surface area contributed by atoms with Crippen LogP contribution in [0.2, 0.25) is 0 Å². The standard InChI is InChI=1S/C14H12BrN3O/c1-18-7-6-12(17-18)14(19)13-10(15)8-9-4-2-3-5-11(9)16-13/h2-8,14,19H,1H3. The topological polar surface area (TPSA) is 50.9 Å². The van der Waals surface area contributed by atoms with Crippen LogP contribution >= 0.6 is 15.9 Å². The fraction of sp³-hybridized carbons (Fsp3) is 0.143. The predicted octanol–water partition coefficient (Wildman–Crippen LogP) is 2.81. The Balaban J connectivity index is 2.11. The van der Waals surface area contributed by atoms with E-state index in [4.69, 9.17) is 0 Å². The number of hydrogen-bond acceptors (Lipinski definition) is 3. The average molecular weight is 318 g/mol. The number of hydrogen-bond donors (Lipinski definition) is 1. The predicted molar refractivity (Wildman–Crippen MR) is 76.7 cm³/mol. The van der Waals surface area contributed by atoms with Crippen molar-refractivity contribution in [3.8, 4) is 0 Å². The van der Waals surface area contributed by atoms with Gasteiger partial charge in [0.25, 0.3) is 0 Å². The van der Waals surface area contributed by atoms with Crippen LogP contribution in [0.3, 0.4) is 0 Å². The van der Waals surface area contributed by atoms with Crippen molar-refractivity contribution in [2.45, 2.75) is 6.10 Å². The van der Waals surface area contributed by atoms with Crippen LogP contribution in [0.1, 0.15) is 17.5 Å². The van der Waals surface area contributed by atoms with Crippen molar-refractivity contribution in [1.82, 2.24) is 14.8 Å². The zero-order chi connectivity index (χ0) is 13.4. The summed E-state index contributed by atoms with van der Waals surface area (Å²) < 4.78 is 2.44. The Morgan fingerprint density at radius 3 is 2.79 bits per heavy atom. The van der Waals surface area contributed by atoms with E-state index in [0.29, 0.717) is 11.4 Å². The highest BCUT2D eigenvalue weighted by molar-refractivity contribution is 9.10. The first-order valence-electron chi connectivity index (χ1n) is 5.88. The number of aromatic nitrogens is 3. The summed E-state index contributed by atoms with van der Waals surface area (Å²) in [5.74, 6) is 0. The van der Waals surface area contributed by atoms with Crippen LogP contribution in [0.15, 0.2) is 47.1 Å². The summed E-state index contributed by atoms with van der Waals surface area (Å²) in [5, 5.41) is 15.6. The lowest BCUT2D eigenvalue weighted by molar-refractivity contribution is 0.209. The smallest absolute Gasteiger partial charge is 0.141 e. The fourth-order valence-corrected chi connectivity index (χ4v) is 2.57. The minimum atomic E-state index is -0.833. The van der Waals surface area contributed by atoms with Gasteiger partial charge in [-0.1, -0.05) is 18.2 Å². The van der Waals surface area contributed by atoms with E-state index in [9.17, 15) is 5.11 Å². The molecule has 2 heterocycles. The number of rotatable bonds is 2.